The number of aryl methyl sites for hydroxylation is 3. The number of imidazole rings is 1. The van der Waals surface area contributed by atoms with E-state index >= 15 is 0 Å². The number of H-pyrrole nitrogens is 1. The largest absolute Gasteiger partial charge is 0.494 e. The number of ether oxygens (including phenoxy) is 1. The SMILES string of the molecule is CCCNC(=O)C(CS(O)(O)O)NC(=O)C(CS(O)(O)O)NC(=O)CN1CCN(CC(=O)O)CCN(CC(=O)O)CCN(CC(=O)O)CC1.CNC(=O)CCCOc1cc(C)c(S(=O)(=O)NC(CNC(=O)c2cn(C)c3cc(CNc4ncc[nH]4)ccc3c2=O)C(=O)O)c(C)c1.[Y]. The number of carboxylic acids is 4. The number of aromatic nitrogens is 3. The number of hydrogen-bond donors (Lipinski definition) is 18. The zero-order valence-electron chi connectivity index (χ0n) is 54.0. The molecule has 41 heteroatoms. The van der Waals surface area contributed by atoms with Crippen LogP contribution in [0.15, 0.2) is 58.6 Å². The average Bonchev–Trinajstić information content (AvgIpc) is 1.05. The van der Waals surface area contributed by atoms with Crippen LogP contribution in [0.1, 0.15) is 53.2 Å². The van der Waals surface area contributed by atoms with Gasteiger partial charge in [0, 0.05) is 149 Å². The second-order valence-corrected chi connectivity index (χ2v) is 27.1. The molecule has 0 bridgehead atoms. The molecule has 3 atom stereocenters. The molecule has 18 N–H and O–H groups in total. The number of carboxylic acid groups (broad SMARTS) is 4. The summed E-state index contributed by atoms with van der Waals surface area (Å²) in [5.74, 6) is -10.2. The molecule has 5 rings (SSSR count). The minimum atomic E-state index is -4.43. The smallest absolute Gasteiger partial charge is 0.323 e. The van der Waals surface area contributed by atoms with Crippen LogP contribution in [-0.4, -0.2) is 279 Å². The first-order chi connectivity index (χ1) is 45.0. The van der Waals surface area contributed by atoms with Crippen LogP contribution in [0.2, 0.25) is 0 Å². The van der Waals surface area contributed by atoms with Gasteiger partial charge in [-0.15, -0.1) is 0 Å². The number of rotatable bonds is 33. The summed E-state index contributed by atoms with van der Waals surface area (Å²) in [4.78, 5) is 136. The standard InChI is InChI=1S/C31H37N7O8S.C25H49N7O15S2.Y/c1-18-12-21(46-11-5-6-26(39)32-3)13-19(2)28(18)47(44,45)37-24(30(42)43)16-35-29(41)23-17-38(4)25-14-20(7-8-22(25)27(23)40)15-36-31-33-9-10-34-31;1-2-3-26-24(40)18(16-48(42,43)44)28-25(41)19(17-49(45,46)47)27-20(33)12-29-4-6-30(13-21(34)35)8-10-32(15-23(38)39)11-9-31(7-5-29)14-22(36)37;/h7-10,12-14,17,24,37H,5-6,11,15-16H2,1-4H3,(H,32,39)(H,35,41)(H,42,43)(H2,33,34,36);18-19,42-47H,2-17H2,1H3,(H,26,40)(H,27,33)(H,28,41)(H,34,35)(H,36,37)(H,38,39);. The molecule has 1 fully saturated rings. The van der Waals surface area contributed by atoms with Gasteiger partial charge in [0.1, 0.15) is 29.4 Å². The molecule has 3 unspecified atom stereocenters. The Labute approximate surface area is 586 Å². The van der Waals surface area contributed by atoms with Gasteiger partial charge >= 0.3 is 23.9 Å². The third-order valence-corrected chi connectivity index (χ3v) is 17.6. The van der Waals surface area contributed by atoms with Gasteiger partial charge in [-0.25, -0.2) is 13.4 Å². The van der Waals surface area contributed by atoms with Crippen molar-refractivity contribution in [2.75, 3.05) is 122 Å². The Morgan fingerprint density at radius 2 is 1.21 bits per heavy atom. The van der Waals surface area contributed by atoms with E-state index in [1.54, 1.807) is 67.9 Å². The maximum Gasteiger partial charge on any atom is 0.323 e. The van der Waals surface area contributed by atoms with Gasteiger partial charge in [-0.3, -0.25) is 67.5 Å². The molecule has 0 aliphatic carbocycles. The van der Waals surface area contributed by atoms with Crippen molar-refractivity contribution >= 4 is 102 Å². The third-order valence-electron chi connectivity index (χ3n) is 14.3. The molecule has 2 aromatic carbocycles. The molecule has 1 aliphatic heterocycles. The molecular weight excluding hydrogens is 1420 g/mol. The average molecular weight is 1510 g/mol. The molecule has 539 valence electrons. The van der Waals surface area contributed by atoms with Crippen molar-refractivity contribution in [1.82, 2.24) is 65.4 Å². The van der Waals surface area contributed by atoms with Gasteiger partial charge in [-0.2, -0.15) is 4.72 Å². The minimum absolute atomic E-state index is 0. The van der Waals surface area contributed by atoms with E-state index in [1.807, 2.05) is 0 Å². The first-order valence-electron chi connectivity index (χ1n) is 29.7. The van der Waals surface area contributed by atoms with Crippen molar-refractivity contribution in [2.24, 2.45) is 7.05 Å². The third kappa shape index (κ3) is 30.3. The van der Waals surface area contributed by atoms with Crippen molar-refractivity contribution in [3.05, 3.63) is 81.4 Å². The maximum absolute atomic E-state index is 13.3. The minimum Gasteiger partial charge on any atom is -0.494 e. The number of nitrogens with one attached hydrogen (secondary N) is 8. The molecule has 97 heavy (non-hydrogen) atoms. The van der Waals surface area contributed by atoms with E-state index in [1.165, 1.54) is 40.1 Å². The Morgan fingerprint density at radius 3 is 1.67 bits per heavy atom. The Balaban J connectivity index is 0.000000500. The van der Waals surface area contributed by atoms with Crippen molar-refractivity contribution < 1.29 is 137 Å². The van der Waals surface area contributed by atoms with Crippen LogP contribution < -0.4 is 46.8 Å². The summed E-state index contributed by atoms with van der Waals surface area (Å²) in [6, 6.07) is 2.80. The number of fused-ring (bicyclic) bond motifs is 1. The van der Waals surface area contributed by atoms with Crippen molar-refractivity contribution in [2.45, 2.75) is 69.6 Å². The quantitative estimate of drug-likeness (QED) is 0.0253. The maximum atomic E-state index is 13.3. The summed E-state index contributed by atoms with van der Waals surface area (Å²) in [7, 11) is -9.90. The zero-order valence-corrected chi connectivity index (χ0v) is 59.3. The van der Waals surface area contributed by atoms with E-state index in [4.69, 9.17) is 4.74 Å². The molecular formula is C56H86N14O23S3Y. The number of anilines is 1. The van der Waals surface area contributed by atoms with Crippen LogP contribution in [0.25, 0.3) is 10.9 Å². The fourth-order valence-electron chi connectivity index (χ4n) is 9.71. The molecule has 2 aromatic heterocycles. The van der Waals surface area contributed by atoms with E-state index in [0.29, 0.717) is 47.7 Å². The van der Waals surface area contributed by atoms with Crippen LogP contribution >= 0.6 is 21.7 Å². The summed E-state index contributed by atoms with van der Waals surface area (Å²) in [6.07, 6.45) is 5.85. The molecule has 5 amide bonds. The van der Waals surface area contributed by atoms with E-state index < -0.39 is 141 Å². The van der Waals surface area contributed by atoms with Gasteiger partial charge in [0.25, 0.3) is 5.91 Å². The summed E-state index contributed by atoms with van der Waals surface area (Å²) >= 11 is 0. The topological polar surface area (TPSA) is 547 Å². The first kappa shape index (κ1) is 84.2. The second kappa shape index (κ2) is 40.2. The molecule has 37 nitrogen and oxygen atoms in total. The number of benzene rings is 2. The fourth-order valence-corrected chi connectivity index (χ4v) is 12.7. The van der Waals surface area contributed by atoms with E-state index in [0.717, 1.165) is 5.56 Å². The predicted molar refractivity (Wildman–Crippen MR) is 350 cm³/mol. The van der Waals surface area contributed by atoms with Crippen LogP contribution in [0.3, 0.4) is 0 Å². The summed E-state index contributed by atoms with van der Waals surface area (Å²) < 4.78 is 93.6. The Kier molecular flexibility index (Phi) is 34.9. The number of sulfonamides is 1. The number of carbonyl (C=O) groups is 9. The number of pyridine rings is 1. The molecule has 1 saturated heterocycles. The molecule has 1 aliphatic rings. The number of hydrogen-bond acceptors (Lipinski definition) is 25. The zero-order chi connectivity index (χ0) is 71.7. The Hall–Kier alpha value is -7.00. The van der Waals surface area contributed by atoms with Gasteiger partial charge < -0.3 is 93.9 Å². The summed E-state index contributed by atoms with van der Waals surface area (Å²) in [5, 5.41) is 52.9. The molecule has 1 radical (unpaired) electrons. The predicted octanol–water partition coefficient (Wildman–Crippen LogP) is -1.04. The number of carbonyl (C=O) groups excluding carboxylic acids is 5. The first-order valence-corrected chi connectivity index (χ1v) is 34.5. The normalized spacial score (nSPS) is 15.2. The summed E-state index contributed by atoms with van der Waals surface area (Å²) in [5.41, 5.74) is 1.27. The van der Waals surface area contributed by atoms with Crippen LogP contribution in [0, 0.1) is 13.8 Å². The van der Waals surface area contributed by atoms with Crippen molar-refractivity contribution in [3.8, 4) is 5.75 Å². The van der Waals surface area contributed by atoms with Gasteiger partial charge in [0.2, 0.25) is 39.1 Å². The number of aromatic amines is 1. The molecule has 0 spiro atoms. The second-order valence-electron chi connectivity index (χ2n) is 22.2. The van der Waals surface area contributed by atoms with Crippen LogP contribution in [0.4, 0.5) is 5.95 Å². The van der Waals surface area contributed by atoms with E-state index in [-0.39, 0.29) is 133 Å². The van der Waals surface area contributed by atoms with Gasteiger partial charge in [0.05, 0.1) is 76.4 Å². The van der Waals surface area contributed by atoms with Crippen molar-refractivity contribution in [3.63, 3.8) is 0 Å². The Bertz CT molecular complexity index is 3470. The molecule has 0 saturated carbocycles. The van der Waals surface area contributed by atoms with Crippen molar-refractivity contribution in [1.29, 1.82) is 0 Å². The van der Waals surface area contributed by atoms with E-state index in [2.05, 4.69) is 46.6 Å². The number of amides is 5. The van der Waals surface area contributed by atoms with Gasteiger partial charge in [0.15, 0.2) is 5.95 Å². The van der Waals surface area contributed by atoms with Crippen LogP contribution in [0.5, 0.6) is 5.75 Å². The van der Waals surface area contributed by atoms with Crippen LogP contribution in [-0.2, 0) is 94.7 Å². The fraction of sp³-hybridized carbons (Fsp3) is 0.518. The molecule has 4 aromatic rings. The van der Waals surface area contributed by atoms with Gasteiger partial charge in [-0.1, -0.05) is 13.0 Å². The van der Waals surface area contributed by atoms with Gasteiger partial charge in [-0.05, 0) is 67.6 Å². The summed E-state index contributed by atoms with van der Waals surface area (Å²) in [6.45, 7) is 4.09. The number of aliphatic carboxylic acids is 4. The molecule has 3 heterocycles. The number of nitrogens with zero attached hydrogens (tertiary/aromatic N) is 6. The Morgan fingerprint density at radius 1 is 0.691 bits per heavy atom. The monoisotopic (exact) mass is 1510 g/mol. The van der Waals surface area contributed by atoms with E-state index in [9.17, 15) is 104 Å².